The van der Waals surface area contributed by atoms with Crippen molar-refractivity contribution in [3.63, 3.8) is 0 Å². The topological polar surface area (TPSA) is 99.9 Å². The van der Waals surface area contributed by atoms with Crippen molar-refractivity contribution in [1.82, 2.24) is 14.9 Å². The number of nitrogens with one attached hydrogen (secondary N) is 1. The average molecular weight is 444 g/mol. The van der Waals surface area contributed by atoms with Gasteiger partial charge < -0.3 is 4.90 Å². The van der Waals surface area contributed by atoms with E-state index in [1.54, 1.807) is 23.3 Å². The van der Waals surface area contributed by atoms with E-state index in [0.29, 0.717) is 23.1 Å². The maximum Gasteiger partial charge on any atom is 0.281 e. The molecule has 0 fully saturated rings. The van der Waals surface area contributed by atoms with Gasteiger partial charge in [-0.3, -0.25) is 24.3 Å². The molecule has 0 aliphatic carbocycles. The summed E-state index contributed by atoms with van der Waals surface area (Å²) in [5.74, 6) is -0.596. The number of carbonyl (C=O) groups excluding carboxylic acids is 3. The van der Waals surface area contributed by atoms with Crippen LogP contribution in [0, 0.1) is 0 Å². The van der Waals surface area contributed by atoms with Gasteiger partial charge in [-0.2, -0.15) is 0 Å². The minimum absolute atomic E-state index is 0.0117. The molecular formula is C24H24N6O3. The highest BCUT2D eigenvalue weighted by atomic mass is 16.2. The van der Waals surface area contributed by atoms with Gasteiger partial charge in [0.25, 0.3) is 5.91 Å². The second kappa shape index (κ2) is 7.54. The van der Waals surface area contributed by atoms with Crippen LogP contribution < -0.4 is 15.1 Å². The standard InChI is InChI=1S/C24H24N6O3/c1-4-19(31)26-22-27-24(15-11-7-9-13-17(15)28(6-3)21(24)33)30-18-14-10-8-12-16(18)25-23(30)29(22)20(32)5-2/h7-14H,4-6H2,1-3H3,(H,26,27,31). The summed E-state index contributed by atoms with van der Waals surface area (Å²) >= 11 is 0. The molecule has 3 amide bonds. The summed E-state index contributed by atoms with van der Waals surface area (Å²) in [7, 11) is 0. The van der Waals surface area contributed by atoms with Crippen molar-refractivity contribution in [1.29, 1.82) is 0 Å². The number of nitrogens with zero attached hydrogens (tertiary/aromatic N) is 5. The first-order valence-electron chi connectivity index (χ1n) is 11.1. The van der Waals surface area contributed by atoms with Crippen molar-refractivity contribution in [3.05, 3.63) is 54.1 Å². The second-order valence-corrected chi connectivity index (χ2v) is 7.89. The Morgan fingerprint density at radius 1 is 1.00 bits per heavy atom. The van der Waals surface area contributed by atoms with E-state index in [-0.39, 0.29) is 42.5 Å². The van der Waals surface area contributed by atoms with Gasteiger partial charge in [0, 0.05) is 24.9 Å². The molecule has 1 N–H and O–H groups in total. The number of aliphatic imine (C=N–C) groups is 1. The zero-order chi connectivity index (χ0) is 23.3. The van der Waals surface area contributed by atoms with Gasteiger partial charge in [-0.1, -0.05) is 44.2 Å². The number of likely N-dealkylation sites (N-methyl/N-ethyl adjacent to an activating group) is 1. The predicted molar refractivity (Wildman–Crippen MR) is 125 cm³/mol. The lowest BCUT2D eigenvalue weighted by atomic mass is 10.00. The zero-order valence-corrected chi connectivity index (χ0v) is 18.7. The summed E-state index contributed by atoms with van der Waals surface area (Å²) in [6, 6.07) is 14.9. The minimum atomic E-state index is -1.53. The number of carbonyl (C=O) groups is 3. The molecule has 0 bridgehead atoms. The van der Waals surface area contributed by atoms with Gasteiger partial charge in [0.15, 0.2) is 0 Å². The molecule has 0 radical (unpaired) electrons. The highest BCUT2D eigenvalue weighted by Gasteiger charge is 2.57. The molecule has 168 valence electrons. The summed E-state index contributed by atoms with van der Waals surface area (Å²) in [5.41, 5.74) is 1.19. The lowest BCUT2D eigenvalue weighted by Crippen LogP contribution is -2.57. The number of aromatic nitrogens is 2. The van der Waals surface area contributed by atoms with Crippen LogP contribution in [0.2, 0.25) is 0 Å². The smallest absolute Gasteiger partial charge is 0.281 e. The number of guanidine groups is 1. The van der Waals surface area contributed by atoms with Crippen molar-refractivity contribution in [2.24, 2.45) is 4.99 Å². The highest BCUT2D eigenvalue weighted by Crippen LogP contribution is 2.49. The van der Waals surface area contributed by atoms with Crippen molar-refractivity contribution in [2.45, 2.75) is 39.3 Å². The molecular weight excluding hydrogens is 420 g/mol. The Morgan fingerprint density at radius 3 is 2.45 bits per heavy atom. The molecule has 1 spiro atoms. The number of rotatable bonds is 3. The molecule has 2 aromatic carbocycles. The van der Waals surface area contributed by atoms with Crippen LogP contribution in [0.4, 0.5) is 11.6 Å². The van der Waals surface area contributed by atoms with E-state index in [9.17, 15) is 14.4 Å². The fourth-order valence-electron chi connectivity index (χ4n) is 4.57. The molecule has 3 aromatic rings. The number of hydrogen-bond donors (Lipinski definition) is 1. The molecule has 5 rings (SSSR count). The molecule has 2 aliphatic heterocycles. The molecule has 1 aromatic heterocycles. The molecule has 1 atom stereocenters. The lowest BCUT2D eigenvalue weighted by Gasteiger charge is -2.37. The van der Waals surface area contributed by atoms with Gasteiger partial charge >= 0.3 is 0 Å². The molecule has 0 saturated carbocycles. The van der Waals surface area contributed by atoms with Crippen LogP contribution in [0.15, 0.2) is 53.5 Å². The third kappa shape index (κ3) is 2.75. The molecule has 2 aliphatic rings. The molecule has 0 saturated heterocycles. The number of benzene rings is 2. The first-order valence-corrected chi connectivity index (χ1v) is 11.1. The van der Waals surface area contributed by atoms with E-state index in [1.165, 1.54) is 4.90 Å². The molecule has 3 heterocycles. The number of hydrogen-bond acceptors (Lipinski definition) is 5. The number of amides is 3. The molecule has 9 nitrogen and oxygen atoms in total. The second-order valence-electron chi connectivity index (χ2n) is 7.89. The molecule has 9 heteroatoms. The van der Waals surface area contributed by atoms with Gasteiger partial charge in [-0.25, -0.2) is 14.9 Å². The normalized spacial score (nSPS) is 19.0. The summed E-state index contributed by atoms with van der Waals surface area (Å²) in [6.07, 6.45) is 0.366. The Hall–Kier alpha value is -4.01. The summed E-state index contributed by atoms with van der Waals surface area (Å²) in [4.78, 5) is 52.1. The molecule has 1 unspecified atom stereocenters. The van der Waals surface area contributed by atoms with Crippen molar-refractivity contribution < 1.29 is 14.4 Å². The zero-order valence-electron chi connectivity index (χ0n) is 18.7. The summed E-state index contributed by atoms with van der Waals surface area (Å²) in [5, 5.41) is 2.75. The van der Waals surface area contributed by atoms with Gasteiger partial charge in [-0.05, 0) is 25.1 Å². The van der Waals surface area contributed by atoms with Gasteiger partial charge in [0.05, 0.1) is 16.7 Å². The van der Waals surface area contributed by atoms with E-state index < -0.39 is 5.66 Å². The van der Waals surface area contributed by atoms with Crippen LogP contribution in [0.3, 0.4) is 0 Å². The summed E-state index contributed by atoms with van der Waals surface area (Å²) in [6.45, 7) is 5.79. The van der Waals surface area contributed by atoms with Gasteiger partial charge in [-0.15, -0.1) is 0 Å². The fourth-order valence-corrected chi connectivity index (χ4v) is 4.57. The van der Waals surface area contributed by atoms with Crippen LogP contribution in [0.1, 0.15) is 39.2 Å². The predicted octanol–water partition coefficient (Wildman–Crippen LogP) is 2.74. The van der Waals surface area contributed by atoms with Crippen molar-refractivity contribution in [3.8, 4) is 0 Å². The number of fused-ring (bicyclic) bond motifs is 6. The van der Waals surface area contributed by atoms with E-state index in [1.807, 2.05) is 55.5 Å². The number of para-hydroxylation sites is 3. The van der Waals surface area contributed by atoms with Crippen LogP contribution in [0.25, 0.3) is 11.0 Å². The highest BCUT2D eigenvalue weighted by molar-refractivity contribution is 6.22. The maximum absolute atomic E-state index is 14.1. The average Bonchev–Trinajstić information content (AvgIpc) is 3.33. The lowest BCUT2D eigenvalue weighted by molar-refractivity contribution is -0.124. The Kier molecular flexibility index (Phi) is 4.77. The Balaban J connectivity index is 1.91. The number of imidazole rings is 1. The van der Waals surface area contributed by atoms with E-state index in [2.05, 4.69) is 5.32 Å². The van der Waals surface area contributed by atoms with Crippen LogP contribution in [0.5, 0.6) is 0 Å². The van der Waals surface area contributed by atoms with Gasteiger partial charge in [0.2, 0.25) is 29.4 Å². The maximum atomic E-state index is 14.1. The van der Waals surface area contributed by atoms with E-state index >= 15 is 0 Å². The van der Waals surface area contributed by atoms with E-state index in [4.69, 9.17) is 9.98 Å². The fraction of sp³-hybridized carbons (Fsp3) is 0.292. The van der Waals surface area contributed by atoms with Crippen molar-refractivity contribution in [2.75, 3.05) is 16.3 Å². The number of anilines is 2. The quantitative estimate of drug-likeness (QED) is 0.671. The van der Waals surface area contributed by atoms with E-state index in [0.717, 1.165) is 5.69 Å². The van der Waals surface area contributed by atoms with Gasteiger partial charge in [0.1, 0.15) is 0 Å². The first-order chi connectivity index (χ1) is 16.0. The molecule has 33 heavy (non-hydrogen) atoms. The third-order valence-electron chi connectivity index (χ3n) is 6.10. The SMILES string of the molecule is CCC(=O)NC1=NC2(C(=O)N(CC)c3ccccc32)n2c(nc3ccccc32)N1C(=O)CC. The monoisotopic (exact) mass is 444 g/mol. The third-order valence-corrected chi connectivity index (χ3v) is 6.10. The first kappa shape index (κ1) is 20.9. The Labute approximate surface area is 190 Å². The van der Waals surface area contributed by atoms with Crippen LogP contribution in [-0.2, 0) is 20.0 Å². The largest absolute Gasteiger partial charge is 0.308 e. The minimum Gasteiger partial charge on any atom is -0.308 e. The summed E-state index contributed by atoms with van der Waals surface area (Å²) < 4.78 is 1.73. The Morgan fingerprint density at radius 2 is 1.73 bits per heavy atom. The van der Waals surface area contributed by atoms with Crippen LogP contribution in [-0.4, -0.2) is 39.8 Å². The Bertz CT molecular complexity index is 1340. The van der Waals surface area contributed by atoms with Crippen molar-refractivity contribution >= 4 is 46.4 Å². The van der Waals surface area contributed by atoms with Crippen LogP contribution >= 0.6 is 0 Å².